The quantitative estimate of drug-likeness (QED) is 0.550. The maximum Gasteiger partial charge on any atom is 0.238 e. The number of carbonyl (C=O) groups is 2. The fourth-order valence-corrected chi connectivity index (χ4v) is 3.43. The molecule has 6 heteroatoms. The lowest BCUT2D eigenvalue weighted by molar-refractivity contribution is -0.123. The number of hydrogen-bond acceptors (Lipinski definition) is 4. The zero-order chi connectivity index (χ0) is 22.2. The van der Waals surface area contributed by atoms with Gasteiger partial charge in [-0.05, 0) is 48.0 Å². The molecule has 1 atom stereocenters. The van der Waals surface area contributed by atoms with Gasteiger partial charge in [0.1, 0.15) is 5.75 Å². The number of nitrogens with zero attached hydrogens (tertiary/aromatic N) is 1. The average Bonchev–Trinajstić information content (AvgIpc) is 2.78. The highest BCUT2D eigenvalue weighted by Crippen LogP contribution is 2.20. The van der Waals surface area contributed by atoms with Crippen molar-refractivity contribution < 1.29 is 14.3 Å². The number of likely N-dealkylation sites (N-methyl/N-ethyl adjacent to an activating group) is 1. The van der Waals surface area contributed by atoms with Crippen LogP contribution < -0.4 is 15.4 Å². The van der Waals surface area contributed by atoms with Gasteiger partial charge < -0.3 is 15.4 Å². The highest BCUT2D eigenvalue weighted by molar-refractivity contribution is 5.92. The summed E-state index contributed by atoms with van der Waals surface area (Å²) in [7, 11) is 1.58. The van der Waals surface area contributed by atoms with Crippen LogP contribution in [0, 0.1) is 0 Å². The standard InChI is InChI=1S/C25H29N3O3/c1-4-28(17-25(30)27-22-10-7-11-23(15-22)31-3)16-24(29)26-18(2)20-13-12-19-8-5-6-9-21(19)14-20/h5-15,18H,4,16-17H2,1-3H3,(H,26,29)(H,27,30)/t18-/m1/s1. The lowest BCUT2D eigenvalue weighted by Gasteiger charge is -2.21. The molecule has 2 N–H and O–H groups in total. The first-order chi connectivity index (χ1) is 15.0. The molecule has 0 spiro atoms. The molecule has 0 aromatic heterocycles. The molecule has 3 rings (SSSR count). The minimum absolute atomic E-state index is 0.114. The Balaban J connectivity index is 1.53. The predicted molar refractivity (Wildman–Crippen MR) is 124 cm³/mol. The van der Waals surface area contributed by atoms with Crippen molar-refractivity contribution in [2.24, 2.45) is 0 Å². The second kappa shape index (κ2) is 10.6. The Bertz CT molecular complexity index is 1050. The molecular weight excluding hydrogens is 390 g/mol. The SMILES string of the molecule is CCN(CC(=O)Nc1cccc(OC)c1)CC(=O)N[C@H](C)c1ccc2ccccc2c1. The van der Waals surface area contributed by atoms with Crippen molar-refractivity contribution in [2.45, 2.75) is 19.9 Å². The second-order valence-corrected chi connectivity index (χ2v) is 7.48. The van der Waals surface area contributed by atoms with E-state index in [2.05, 4.69) is 34.9 Å². The van der Waals surface area contributed by atoms with Crippen molar-refractivity contribution in [3.63, 3.8) is 0 Å². The van der Waals surface area contributed by atoms with E-state index in [-0.39, 0.29) is 30.9 Å². The van der Waals surface area contributed by atoms with Crippen LogP contribution in [0.25, 0.3) is 10.8 Å². The molecule has 3 aromatic rings. The van der Waals surface area contributed by atoms with Crippen LogP contribution >= 0.6 is 0 Å². The molecule has 0 unspecified atom stereocenters. The van der Waals surface area contributed by atoms with Gasteiger partial charge in [0.2, 0.25) is 11.8 Å². The summed E-state index contributed by atoms with van der Waals surface area (Å²) < 4.78 is 5.17. The lowest BCUT2D eigenvalue weighted by atomic mass is 10.0. The van der Waals surface area contributed by atoms with Crippen molar-refractivity contribution in [2.75, 3.05) is 32.1 Å². The molecule has 31 heavy (non-hydrogen) atoms. The molecular formula is C25H29N3O3. The number of methoxy groups -OCH3 is 1. The van der Waals surface area contributed by atoms with Crippen LogP contribution in [0.2, 0.25) is 0 Å². The Kier molecular flexibility index (Phi) is 7.62. The van der Waals surface area contributed by atoms with Crippen LogP contribution in [0.5, 0.6) is 5.75 Å². The van der Waals surface area contributed by atoms with E-state index in [0.29, 0.717) is 18.0 Å². The van der Waals surface area contributed by atoms with Crippen molar-refractivity contribution >= 4 is 28.3 Å². The van der Waals surface area contributed by atoms with Crippen LogP contribution in [0.1, 0.15) is 25.5 Å². The second-order valence-electron chi connectivity index (χ2n) is 7.48. The molecule has 0 aliphatic rings. The maximum atomic E-state index is 12.6. The van der Waals surface area contributed by atoms with Crippen LogP contribution in [-0.4, -0.2) is 43.5 Å². The molecule has 0 fully saturated rings. The zero-order valence-electron chi connectivity index (χ0n) is 18.2. The van der Waals surface area contributed by atoms with Gasteiger partial charge in [0.05, 0.1) is 26.2 Å². The van der Waals surface area contributed by atoms with Gasteiger partial charge in [0, 0.05) is 11.8 Å². The number of amides is 2. The summed E-state index contributed by atoms with van der Waals surface area (Å²) in [5.74, 6) is 0.384. The first-order valence-corrected chi connectivity index (χ1v) is 10.4. The molecule has 3 aromatic carbocycles. The number of carbonyl (C=O) groups excluding carboxylic acids is 2. The fourth-order valence-electron chi connectivity index (χ4n) is 3.43. The van der Waals surface area contributed by atoms with E-state index in [0.717, 1.165) is 10.9 Å². The van der Waals surface area contributed by atoms with Gasteiger partial charge in [-0.2, -0.15) is 0 Å². The van der Waals surface area contributed by atoms with Gasteiger partial charge in [-0.1, -0.05) is 49.4 Å². The Labute approximate surface area is 183 Å². The monoisotopic (exact) mass is 419 g/mol. The fraction of sp³-hybridized carbons (Fsp3) is 0.280. The third-order valence-corrected chi connectivity index (χ3v) is 5.19. The highest BCUT2D eigenvalue weighted by atomic mass is 16.5. The van der Waals surface area contributed by atoms with Gasteiger partial charge in [-0.25, -0.2) is 0 Å². The van der Waals surface area contributed by atoms with Crippen molar-refractivity contribution in [3.8, 4) is 5.75 Å². The molecule has 0 saturated carbocycles. The summed E-state index contributed by atoms with van der Waals surface area (Å²) in [6, 6.07) is 21.4. The van der Waals surface area contributed by atoms with E-state index < -0.39 is 0 Å². The largest absolute Gasteiger partial charge is 0.497 e. The molecule has 0 radical (unpaired) electrons. The molecule has 0 aliphatic carbocycles. The first-order valence-electron chi connectivity index (χ1n) is 10.4. The number of rotatable bonds is 9. The van der Waals surface area contributed by atoms with Crippen LogP contribution in [0.15, 0.2) is 66.7 Å². The van der Waals surface area contributed by atoms with Crippen molar-refractivity contribution in [3.05, 3.63) is 72.3 Å². The number of fused-ring (bicyclic) bond motifs is 1. The topological polar surface area (TPSA) is 70.7 Å². The average molecular weight is 420 g/mol. The van der Waals surface area contributed by atoms with Gasteiger partial charge in [0.15, 0.2) is 0 Å². The van der Waals surface area contributed by atoms with Gasteiger partial charge in [-0.3, -0.25) is 14.5 Å². The molecule has 162 valence electrons. The predicted octanol–water partition coefficient (Wildman–Crippen LogP) is 3.99. The highest BCUT2D eigenvalue weighted by Gasteiger charge is 2.16. The smallest absolute Gasteiger partial charge is 0.238 e. The number of anilines is 1. The summed E-state index contributed by atoms with van der Waals surface area (Å²) in [5.41, 5.74) is 1.71. The zero-order valence-corrected chi connectivity index (χ0v) is 18.2. The number of hydrogen-bond donors (Lipinski definition) is 2. The number of benzene rings is 3. The molecule has 6 nitrogen and oxygen atoms in total. The van der Waals surface area contributed by atoms with Crippen molar-refractivity contribution in [1.82, 2.24) is 10.2 Å². The number of ether oxygens (including phenoxy) is 1. The summed E-state index contributed by atoms with van der Waals surface area (Å²) in [5, 5.41) is 8.20. The van der Waals surface area contributed by atoms with E-state index >= 15 is 0 Å². The first kappa shape index (κ1) is 22.3. The van der Waals surface area contributed by atoms with Crippen LogP contribution in [0.4, 0.5) is 5.69 Å². The summed E-state index contributed by atoms with van der Waals surface area (Å²) >= 11 is 0. The molecule has 0 bridgehead atoms. The van der Waals surface area contributed by atoms with Gasteiger partial charge >= 0.3 is 0 Å². The minimum atomic E-state index is -0.175. The molecule has 0 heterocycles. The third-order valence-electron chi connectivity index (χ3n) is 5.19. The van der Waals surface area contributed by atoms with Gasteiger partial charge in [0.25, 0.3) is 0 Å². The van der Waals surface area contributed by atoms with E-state index in [1.807, 2.05) is 44.2 Å². The molecule has 0 saturated heterocycles. The van der Waals surface area contributed by atoms with Gasteiger partial charge in [-0.15, -0.1) is 0 Å². The lowest BCUT2D eigenvalue weighted by Crippen LogP contribution is -2.41. The van der Waals surface area contributed by atoms with Crippen LogP contribution in [0.3, 0.4) is 0 Å². The van der Waals surface area contributed by atoms with E-state index in [1.54, 1.807) is 24.1 Å². The Morgan fingerprint density at radius 3 is 2.42 bits per heavy atom. The van der Waals surface area contributed by atoms with E-state index in [1.165, 1.54) is 5.39 Å². The van der Waals surface area contributed by atoms with E-state index in [9.17, 15) is 9.59 Å². The van der Waals surface area contributed by atoms with Crippen LogP contribution in [-0.2, 0) is 9.59 Å². The van der Waals surface area contributed by atoms with Crippen molar-refractivity contribution in [1.29, 1.82) is 0 Å². The molecule has 2 amide bonds. The minimum Gasteiger partial charge on any atom is -0.497 e. The molecule has 0 aliphatic heterocycles. The Hall–Kier alpha value is -3.38. The summed E-state index contributed by atoms with van der Waals surface area (Å²) in [6.45, 7) is 4.77. The summed E-state index contributed by atoms with van der Waals surface area (Å²) in [4.78, 5) is 26.8. The summed E-state index contributed by atoms with van der Waals surface area (Å²) in [6.07, 6.45) is 0. The Morgan fingerprint density at radius 2 is 1.68 bits per heavy atom. The van der Waals surface area contributed by atoms with E-state index in [4.69, 9.17) is 4.74 Å². The Morgan fingerprint density at radius 1 is 0.935 bits per heavy atom. The number of nitrogens with one attached hydrogen (secondary N) is 2. The third kappa shape index (κ3) is 6.30. The normalized spacial score (nSPS) is 11.9. The maximum absolute atomic E-state index is 12.6.